The molecule has 6 rings (SSSR count). The van der Waals surface area contributed by atoms with Crippen molar-refractivity contribution < 1.29 is 24.1 Å². The summed E-state index contributed by atoms with van der Waals surface area (Å²) in [5, 5.41) is 25.5. The molecule has 0 aliphatic carbocycles. The molecule has 2 N–H and O–H groups in total. The minimum atomic E-state index is -0.632. The summed E-state index contributed by atoms with van der Waals surface area (Å²) in [4.78, 5) is 12.6. The topological polar surface area (TPSA) is 94.7 Å². The van der Waals surface area contributed by atoms with E-state index in [9.17, 15) is 15.1 Å². The predicted molar refractivity (Wildman–Crippen MR) is 179 cm³/mol. The smallest absolute Gasteiger partial charge is 0.251 e. The highest BCUT2D eigenvalue weighted by molar-refractivity contribution is 7.99. The number of carbonyl (C=O) groups excluding carboxylic acids is 1. The molecule has 8 heteroatoms. The van der Waals surface area contributed by atoms with E-state index in [-0.39, 0.29) is 30.6 Å². The van der Waals surface area contributed by atoms with Crippen LogP contribution in [0.3, 0.4) is 0 Å². The minimum absolute atomic E-state index is 0.00139. The molecule has 1 amide bonds. The molecule has 46 heavy (non-hydrogen) atoms. The molecule has 0 saturated carbocycles. The van der Waals surface area contributed by atoms with Crippen LogP contribution in [0, 0.1) is 11.1 Å². The van der Waals surface area contributed by atoms with Gasteiger partial charge in [0.2, 0.25) is 0 Å². The van der Waals surface area contributed by atoms with Gasteiger partial charge >= 0.3 is 0 Å². The van der Waals surface area contributed by atoms with E-state index >= 15 is 0 Å². The Morgan fingerprint density at radius 2 is 1.57 bits per heavy atom. The first-order valence-corrected chi connectivity index (χ1v) is 16.3. The van der Waals surface area contributed by atoms with Gasteiger partial charge in [-0.05, 0) is 58.1 Å². The lowest BCUT2D eigenvalue weighted by Crippen LogP contribution is -2.39. The summed E-state index contributed by atoms with van der Waals surface area (Å²) in [7, 11) is 0. The van der Waals surface area contributed by atoms with Crippen LogP contribution in [0.5, 0.6) is 0 Å². The molecular weight excluding hydrogens is 596 g/mol. The number of pyridine rings is 1. The first-order valence-electron chi connectivity index (χ1n) is 15.3. The number of thioether (sulfide) groups is 1. The molecule has 0 bridgehead atoms. The van der Waals surface area contributed by atoms with Crippen molar-refractivity contribution in [2.45, 2.75) is 43.6 Å². The molecule has 234 valence electrons. The van der Waals surface area contributed by atoms with Crippen molar-refractivity contribution in [2.75, 3.05) is 5.75 Å². The van der Waals surface area contributed by atoms with E-state index in [4.69, 9.17) is 9.47 Å². The molecule has 0 radical (unpaired) electrons. The monoisotopic (exact) mass is 632 g/mol. The Morgan fingerprint density at radius 3 is 2.33 bits per heavy atom. The highest BCUT2D eigenvalue weighted by atomic mass is 32.2. The molecule has 4 unspecified atom stereocenters. The zero-order valence-corrected chi connectivity index (χ0v) is 26.3. The second-order valence-electron chi connectivity index (χ2n) is 11.4. The molecule has 4 aromatic carbocycles. The zero-order valence-electron chi connectivity index (χ0n) is 25.5. The summed E-state index contributed by atoms with van der Waals surface area (Å²) in [5.41, 5.74) is 6.38. The molecule has 5 aromatic rings. The SMILES string of the molecule is CC1C(CSc2cccc[n+]2[O-])OC(c2cccc(-c3cccc(CNC(=O)c4ccccc4)c3)c2)OC1c1ccc(CO)cc1. The fraction of sp³-hybridized carbons (Fsp3) is 0.211. The van der Waals surface area contributed by atoms with Crippen LogP contribution in [0.25, 0.3) is 11.1 Å². The third kappa shape index (κ3) is 7.49. The predicted octanol–water partition coefficient (Wildman–Crippen LogP) is 6.99. The first-order chi connectivity index (χ1) is 22.5. The third-order valence-electron chi connectivity index (χ3n) is 8.22. The number of rotatable bonds is 10. The standard InChI is InChI=1S/C38H36N2O5S/c1-26-34(25-46-35-15-5-6-20-40(35)43)44-38(45-36(26)29-18-16-27(24-41)17-19-29)33-14-8-13-32(22-33)31-12-7-9-28(21-31)23-39-37(42)30-10-3-2-4-11-30/h2-22,26,34,36,38,41H,23-25H2,1H3,(H,39,42). The molecule has 7 nitrogen and oxygen atoms in total. The van der Waals surface area contributed by atoms with Crippen LogP contribution in [0.15, 0.2) is 133 Å². The number of aromatic nitrogens is 1. The van der Waals surface area contributed by atoms with Crippen molar-refractivity contribution in [3.05, 3.63) is 161 Å². The Kier molecular flexibility index (Phi) is 10.1. The van der Waals surface area contributed by atoms with Gasteiger partial charge in [-0.25, -0.2) is 0 Å². The normalized spacial score (nSPS) is 19.4. The highest BCUT2D eigenvalue weighted by Crippen LogP contribution is 2.43. The number of nitrogens with zero attached hydrogens (tertiary/aromatic N) is 1. The lowest BCUT2D eigenvalue weighted by molar-refractivity contribution is -0.645. The number of ether oxygens (including phenoxy) is 2. The van der Waals surface area contributed by atoms with Gasteiger partial charge in [0, 0.05) is 41.5 Å². The first kappa shape index (κ1) is 31.5. The van der Waals surface area contributed by atoms with E-state index in [1.165, 1.54) is 18.0 Å². The van der Waals surface area contributed by atoms with E-state index in [2.05, 4.69) is 36.5 Å². The van der Waals surface area contributed by atoms with Gasteiger partial charge in [-0.3, -0.25) is 4.79 Å². The lowest BCUT2D eigenvalue weighted by Gasteiger charge is -2.41. The number of carbonyl (C=O) groups is 1. The molecule has 4 atom stereocenters. The quantitative estimate of drug-likeness (QED) is 0.0979. The number of aliphatic hydroxyl groups excluding tert-OH is 1. The molecule has 1 aromatic heterocycles. The molecular formula is C38H36N2O5S. The van der Waals surface area contributed by atoms with Gasteiger partial charge < -0.3 is 25.1 Å². The van der Waals surface area contributed by atoms with Crippen molar-refractivity contribution in [1.82, 2.24) is 5.32 Å². The van der Waals surface area contributed by atoms with Gasteiger partial charge in [0.1, 0.15) is 0 Å². The molecule has 2 heterocycles. The number of nitrogens with one attached hydrogen (secondary N) is 1. The van der Waals surface area contributed by atoms with Crippen LogP contribution in [-0.4, -0.2) is 22.9 Å². The second kappa shape index (κ2) is 14.7. The zero-order chi connectivity index (χ0) is 31.9. The number of amides is 1. The van der Waals surface area contributed by atoms with Crippen LogP contribution in [-0.2, 0) is 22.6 Å². The second-order valence-corrected chi connectivity index (χ2v) is 12.4. The van der Waals surface area contributed by atoms with Gasteiger partial charge in [0.05, 0.1) is 18.8 Å². The van der Waals surface area contributed by atoms with Gasteiger partial charge in [0.25, 0.3) is 10.9 Å². The number of benzene rings is 4. The fourth-order valence-corrected chi connectivity index (χ4v) is 6.68. The summed E-state index contributed by atoms with van der Waals surface area (Å²) in [6, 6.07) is 38.7. The summed E-state index contributed by atoms with van der Waals surface area (Å²) < 4.78 is 14.2. The van der Waals surface area contributed by atoms with E-state index in [0.29, 0.717) is 22.9 Å². The number of hydrogen-bond acceptors (Lipinski definition) is 6. The van der Waals surface area contributed by atoms with Crippen LogP contribution >= 0.6 is 11.8 Å². The molecule has 1 saturated heterocycles. The number of aliphatic hydroxyl groups is 1. The van der Waals surface area contributed by atoms with Crippen LogP contribution in [0.2, 0.25) is 0 Å². The van der Waals surface area contributed by atoms with Gasteiger partial charge in [-0.1, -0.05) is 97.5 Å². The largest absolute Gasteiger partial charge is 0.618 e. The van der Waals surface area contributed by atoms with Crippen LogP contribution in [0.4, 0.5) is 0 Å². The highest BCUT2D eigenvalue weighted by Gasteiger charge is 2.38. The number of hydrogen-bond donors (Lipinski definition) is 2. The van der Waals surface area contributed by atoms with Crippen molar-refractivity contribution in [1.29, 1.82) is 0 Å². The van der Waals surface area contributed by atoms with E-state index in [0.717, 1.165) is 38.1 Å². The summed E-state index contributed by atoms with van der Waals surface area (Å²) in [5.74, 6) is 0.465. The maximum atomic E-state index is 12.6. The van der Waals surface area contributed by atoms with Crippen molar-refractivity contribution in [3.63, 3.8) is 0 Å². The maximum absolute atomic E-state index is 12.6. The lowest BCUT2D eigenvalue weighted by atomic mass is 9.91. The average Bonchev–Trinajstić information content (AvgIpc) is 3.11. The molecule has 1 fully saturated rings. The van der Waals surface area contributed by atoms with E-state index in [1.807, 2.05) is 78.9 Å². The molecule has 1 aliphatic rings. The summed E-state index contributed by atoms with van der Waals surface area (Å²) in [6.45, 7) is 2.50. The molecule has 1 aliphatic heterocycles. The molecule has 0 spiro atoms. The maximum Gasteiger partial charge on any atom is 0.251 e. The third-order valence-corrected chi connectivity index (χ3v) is 9.32. The van der Waals surface area contributed by atoms with Gasteiger partial charge in [-0.15, -0.1) is 0 Å². The Balaban J connectivity index is 1.23. The Bertz CT molecular complexity index is 1770. The van der Waals surface area contributed by atoms with Crippen LogP contribution < -0.4 is 10.0 Å². The van der Waals surface area contributed by atoms with E-state index in [1.54, 1.807) is 18.2 Å². The fourth-order valence-electron chi connectivity index (χ4n) is 5.60. The van der Waals surface area contributed by atoms with Crippen LogP contribution in [0.1, 0.15) is 51.9 Å². The summed E-state index contributed by atoms with van der Waals surface area (Å²) in [6.07, 6.45) is 0.412. The van der Waals surface area contributed by atoms with Crippen molar-refractivity contribution in [3.8, 4) is 11.1 Å². The van der Waals surface area contributed by atoms with Crippen molar-refractivity contribution >= 4 is 17.7 Å². The van der Waals surface area contributed by atoms with Crippen molar-refractivity contribution in [2.24, 2.45) is 5.92 Å². The average molecular weight is 633 g/mol. The van der Waals surface area contributed by atoms with Gasteiger partial charge in [-0.2, -0.15) is 4.73 Å². The van der Waals surface area contributed by atoms with Gasteiger partial charge in [0.15, 0.2) is 12.5 Å². The van der Waals surface area contributed by atoms with E-state index < -0.39 is 6.29 Å². The minimum Gasteiger partial charge on any atom is -0.618 e. The Labute approximate surface area is 273 Å². The Hall–Kier alpha value is -4.47. The Morgan fingerprint density at radius 1 is 0.826 bits per heavy atom. The summed E-state index contributed by atoms with van der Waals surface area (Å²) >= 11 is 1.47.